The van der Waals surface area contributed by atoms with E-state index in [-0.39, 0.29) is 5.91 Å². The predicted octanol–water partition coefficient (Wildman–Crippen LogP) is 3.52. The molecule has 23 heavy (non-hydrogen) atoms. The van der Waals surface area contributed by atoms with Crippen LogP contribution >= 0.6 is 23.4 Å². The Hall–Kier alpha value is -1.01. The number of anilines is 1. The number of rotatable bonds is 7. The zero-order chi connectivity index (χ0) is 16.7. The lowest BCUT2D eigenvalue weighted by molar-refractivity contribution is -0.119. The third-order valence-electron chi connectivity index (χ3n) is 3.91. The minimum Gasteiger partial charge on any atom is -0.360 e. The van der Waals surface area contributed by atoms with Gasteiger partial charge in [0.1, 0.15) is 11.0 Å². The Morgan fingerprint density at radius 2 is 2.13 bits per heavy atom. The Morgan fingerprint density at radius 3 is 2.83 bits per heavy atom. The molecule has 128 valence electrons. The van der Waals surface area contributed by atoms with Crippen molar-refractivity contribution in [1.29, 1.82) is 0 Å². The van der Waals surface area contributed by atoms with E-state index >= 15 is 0 Å². The number of hydrogen-bond acceptors (Lipinski definition) is 5. The zero-order valence-corrected chi connectivity index (χ0v) is 15.4. The number of amides is 1. The second-order valence-corrected chi connectivity index (χ2v) is 7.27. The van der Waals surface area contributed by atoms with Crippen LogP contribution in [0.1, 0.15) is 45.4 Å². The van der Waals surface area contributed by atoms with Crippen molar-refractivity contribution in [2.75, 3.05) is 24.2 Å². The van der Waals surface area contributed by atoms with Gasteiger partial charge in [-0.25, -0.2) is 9.97 Å². The SMILES string of the molecule is CCCN(C)c1cc(Cl)nc(SCC(=O)NC2CCCCC2)n1. The molecule has 0 aliphatic heterocycles. The maximum Gasteiger partial charge on any atom is 0.230 e. The monoisotopic (exact) mass is 356 g/mol. The summed E-state index contributed by atoms with van der Waals surface area (Å²) < 4.78 is 0. The van der Waals surface area contributed by atoms with E-state index in [0.717, 1.165) is 31.6 Å². The van der Waals surface area contributed by atoms with Crippen molar-refractivity contribution in [2.24, 2.45) is 0 Å². The smallest absolute Gasteiger partial charge is 0.230 e. The Balaban J connectivity index is 1.87. The molecule has 0 radical (unpaired) electrons. The minimum absolute atomic E-state index is 0.0499. The lowest BCUT2D eigenvalue weighted by atomic mass is 9.95. The summed E-state index contributed by atoms with van der Waals surface area (Å²) in [6.45, 7) is 3.02. The molecular weight excluding hydrogens is 332 g/mol. The number of hydrogen-bond donors (Lipinski definition) is 1. The van der Waals surface area contributed by atoms with E-state index < -0.39 is 0 Å². The number of nitrogens with one attached hydrogen (secondary N) is 1. The Bertz CT molecular complexity index is 523. The van der Waals surface area contributed by atoms with Crippen LogP contribution in [0, 0.1) is 0 Å². The van der Waals surface area contributed by atoms with Crippen LogP contribution < -0.4 is 10.2 Å². The lowest BCUT2D eigenvalue weighted by Crippen LogP contribution is -2.37. The maximum atomic E-state index is 12.1. The van der Waals surface area contributed by atoms with Gasteiger partial charge in [0, 0.05) is 25.7 Å². The first-order chi connectivity index (χ1) is 11.1. The molecule has 1 aliphatic carbocycles. The van der Waals surface area contributed by atoms with Crippen molar-refractivity contribution >= 4 is 35.1 Å². The molecule has 7 heteroatoms. The minimum atomic E-state index is 0.0499. The molecule has 1 aromatic heterocycles. The number of carbonyl (C=O) groups is 1. The summed E-state index contributed by atoms with van der Waals surface area (Å²) in [6.07, 6.45) is 6.92. The van der Waals surface area contributed by atoms with Gasteiger partial charge in [-0.05, 0) is 19.3 Å². The van der Waals surface area contributed by atoms with Crippen LogP contribution in [0.25, 0.3) is 0 Å². The fraction of sp³-hybridized carbons (Fsp3) is 0.688. The Morgan fingerprint density at radius 1 is 1.39 bits per heavy atom. The molecule has 1 aliphatic rings. The first kappa shape index (κ1) is 18.3. The summed E-state index contributed by atoms with van der Waals surface area (Å²) in [5.41, 5.74) is 0. The van der Waals surface area contributed by atoms with E-state index in [1.165, 1.54) is 31.0 Å². The fourth-order valence-corrected chi connectivity index (χ4v) is 3.63. The van der Waals surface area contributed by atoms with E-state index in [9.17, 15) is 4.79 Å². The molecule has 1 saturated carbocycles. The molecule has 0 atom stereocenters. The molecule has 1 aromatic rings. The van der Waals surface area contributed by atoms with Crippen LogP contribution in [-0.4, -0.2) is 41.3 Å². The van der Waals surface area contributed by atoms with Gasteiger partial charge in [0.15, 0.2) is 5.16 Å². The van der Waals surface area contributed by atoms with Gasteiger partial charge in [0.25, 0.3) is 0 Å². The molecule has 5 nitrogen and oxygen atoms in total. The summed E-state index contributed by atoms with van der Waals surface area (Å²) in [7, 11) is 1.98. The van der Waals surface area contributed by atoms with Gasteiger partial charge in [-0.3, -0.25) is 4.79 Å². The molecule has 0 spiro atoms. The zero-order valence-electron chi connectivity index (χ0n) is 13.8. The normalized spacial score (nSPS) is 15.4. The van der Waals surface area contributed by atoms with Crippen molar-refractivity contribution in [3.05, 3.63) is 11.2 Å². The van der Waals surface area contributed by atoms with Crippen LogP contribution in [0.2, 0.25) is 5.15 Å². The van der Waals surface area contributed by atoms with Crippen molar-refractivity contribution in [1.82, 2.24) is 15.3 Å². The first-order valence-electron chi connectivity index (χ1n) is 8.26. The molecular formula is C16H25ClN4OS. The average molecular weight is 357 g/mol. The quantitative estimate of drug-likeness (QED) is 0.460. The van der Waals surface area contributed by atoms with Crippen molar-refractivity contribution in [3.8, 4) is 0 Å². The van der Waals surface area contributed by atoms with Crippen LogP contribution in [0.15, 0.2) is 11.2 Å². The van der Waals surface area contributed by atoms with Crippen LogP contribution in [0.4, 0.5) is 5.82 Å². The summed E-state index contributed by atoms with van der Waals surface area (Å²) in [5, 5.41) is 4.06. The van der Waals surface area contributed by atoms with E-state index in [4.69, 9.17) is 11.6 Å². The number of thioether (sulfide) groups is 1. The van der Waals surface area contributed by atoms with Gasteiger partial charge in [0.05, 0.1) is 5.75 Å². The fourth-order valence-electron chi connectivity index (χ4n) is 2.74. The van der Waals surface area contributed by atoms with Crippen LogP contribution in [0.3, 0.4) is 0 Å². The molecule has 1 N–H and O–H groups in total. The highest BCUT2D eigenvalue weighted by atomic mass is 35.5. The second-order valence-electron chi connectivity index (χ2n) is 5.94. The van der Waals surface area contributed by atoms with Gasteiger partial charge < -0.3 is 10.2 Å². The Kier molecular flexibility index (Phi) is 7.43. The highest BCUT2D eigenvalue weighted by molar-refractivity contribution is 7.99. The molecule has 0 bridgehead atoms. The molecule has 0 aromatic carbocycles. The van der Waals surface area contributed by atoms with E-state index in [1.54, 1.807) is 6.07 Å². The van der Waals surface area contributed by atoms with Gasteiger partial charge >= 0.3 is 0 Å². The first-order valence-corrected chi connectivity index (χ1v) is 9.62. The highest BCUT2D eigenvalue weighted by Gasteiger charge is 2.16. The van der Waals surface area contributed by atoms with Crippen LogP contribution in [-0.2, 0) is 4.79 Å². The summed E-state index contributed by atoms with van der Waals surface area (Å²) in [4.78, 5) is 22.8. The van der Waals surface area contributed by atoms with Gasteiger partial charge in [-0.2, -0.15) is 0 Å². The number of aromatic nitrogens is 2. The molecule has 0 saturated heterocycles. The maximum absolute atomic E-state index is 12.1. The highest BCUT2D eigenvalue weighted by Crippen LogP contribution is 2.22. The van der Waals surface area contributed by atoms with Gasteiger partial charge in [0.2, 0.25) is 5.91 Å². The lowest BCUT2D eigenvalue weighted by Gasteiger charge is -2.22. The molecule has 1 heterocycles. The summed E-state index contributed by atoms with van der Waals surface area (Å²) in [5.74, 6) is 1.17. The van der Waals surface area contributed by atoms with Gasteiger partial charge in [-0.1, -0.05) is 49.5 Å². The Labute approximate surface area is 147 Å². The summed E-state index contributed by atoms with van der Waals surface area (Å²) in [6, 6.07) is 2.09. The third-order valence-corrected chi connectivity index (χ3v) is 4.95. The second kappa shape index (κ2) is 9.33. The number of halogens is 1. The molecule has 0 unspecified atom stereocenters. The van der Waals surface area contributed by atoms with Crippen molar-refractivity contribution in [3.63, 3.8) is 0 Å². The van der Waals surface area contributed by atoms with E-state index in [2.05, 4.69) is 22.2 Å². The number of carbonyl (C=O) groups excluding carboxylic acids is 1. The van der Waals surface area contributed by atoms with Crippen molar-refractivity contribution < 1.29 is 4.79 Å². The summed E-state index contributed by atoms with van der Waals surface area (Å²) >= 11 is 7.41. The average Bonchev–Trinajstić information content (AvgIpc) is 2.54. The standard InChI is InChI=1S/C16H25ClN4OS/c1-3-9-21(2)14-10-13(17)19-16(20-14)23-11-15(22)18-12-7-5-4-6-8-12/h10,12H,3-9,11H2,1-2H3,(H,18,22). The number of nitrogens with zero attached hydrogens (tertiary/aromatic N) is 3. The van der Waals surface area contributed by atoms with Crippen molar-refractivity contribution in [2.45, 2.75) is 56.6 Å². The van der Waals surface area contributed by atoms with E-state index in [1.807, 2.05) is 11.9 Å². The molecule has 1 amide bonds. The predicted molar refractivity (Wildman–Crippen MR) is 96.3 cm³/mol. The molecule has 2 rings (SSSR count). The van der Waals surface area contributed by atoms with Gasteiger partial charge in [-0.15, -0.1) is 0 Å². The van der Waals surface area contributed by atoms with Crippen LogP contribution in [0.5, 0.6) is 0 Å². The third kappa shape index (κ3) is 6.18. The topological polar surface area (TPSA) is 58.1 Å². The largest absolute Gasteiger partial charge is 0.360 e. The molecule has 1 fully saturated rings. The van der Waals surface area contributed by atoms with E-state index in [0.29, 0.717) is 22.1 Å².